The average molecular weight is 232 g/mol. The molecule has 1 N–H and O–H groups in total. The van der Waals surface area contributed by atoms with E-state index in [1.165, 1.54) is 11.3 Å². The largest absolute Gasteiger partial charge is 0.343 e. The van der Waals surface area contributed by atoms with Crippen LogP contribution >= 0.6 is 11.3 Å². The molecule has 0 spiro atoms. The maximum absolute atomic E-state index is 11.8. The van der Waals surface area contributed by atoms with Crippen molar-refractivity contribution >= 4 is 17.2 Å². The molecule has 0 aliphatic heterocycles. The van der Waals surface area contributed by atoms with Gasteiger partial charge in [-0.25, -0.2) is 0 Å². The van der Waals surface area contributed by atoms with Gasteiger partial charge in [0.1, 0.15) is 0 Å². The minimum absolute atomic E-state index is 0.0480. The van der Waals surface area contributed by atoms with Gasteiger partial charge >= 0.3 is 0 Å². The van der Waals surface area contributed by atoms with Gasteiger partial charge in [-0.15, -0.1) is 11.3 Å². The standard InChI is InChI=1S/C12H12N2OS/c1-9(10-5-2-3-7-13-10)14-12(15)11-6-4-8-16-11/h2-9H,1H3,(H,14,15)/t9-/m0/s1. The second kappa shape index (κ2) is 4.90. The van der Waals surface area contributed by atoms with Crippen molar-refractivity contribution in [2.75, 3.05) is 0 Å². The number of nitrogens with one attached hydrogen (secondary N) is 1. The Kier molecular flexibility index (Phi) is 3.31. The van der Waals surface area contributed by atoms with E-state index in [2.05, 4.69) is 10.3 Å². The van der Waals surface area contributed by atoms with Gasteiger partial charge in [0.05, 0.1) is 16.6 Å². The van der Waals surface area contributed by atoms with E-state index >= 15 is 0 Å². The summed E-state index contributed by atoms with van der Waals surface area (Å²) < 4.78 is 0. The van der Waals surface area contributed by atoms with Crippen LogP contribution in [0.3, 0.4) is 0 Å². The van der Waals surface area contributed by atoms with Gasteiger partial charge in [0, 0.05) is 6.20 Å². The molecule has 4 heteroatoms. The van der Waals surface area contributed by atoms with Crippen molar-refractivity contribution < 1.29 is 4.79 Å². The summed E-state index contributed by atoms with van der Waals surface area (Å²) in [4.78, 5) is 16.7. The minimum Gasteiger partial charge on any atom is -0.343 e. The van der Waals surface area contributed by atoms with E-state index in [-0.39, 0.29) is 11.9 Å². The molecule has 2 aromatic rings. The molecular formula is C12H12N2OS. The average Bonchev–Trinajstić information content (AvgIpc) is 2.83. The fraction of sp³-hybridized carbons (Fsp3) is 0.167. The Bertz CT molecular complexity index is 453. The first-order valence-corrected chi connectivity index (χ1v) is 5.90. The Balaban J connectivity index is 2.03. The Morgan fingerprint density at radius 1 is 1.38 bits per heavy atom. The second-order valence-corrected chi connectivity index (χ2v) is 4.37. The van der Waals surface area contributed by atoms with Gasteiger partial charge in [0.25, 0.3) is 5.91 Å². The molecule has 1 amide bonds. The third kappa shape index (κ3) is 2.46. The fourth-order valence-corrected chi connectivity index (χ4v) is 2.01. The zero-order chi connectivity index (χ0) is 11.4. The van der Waals surface area contributed by atoms with Crippen molar-refractivity contribution in [3.8, 4) is 0 Å². The molecule has 2 aromatic heterocycles. The van der Waals surface area contributed by atoms with Crippen LogP contribution in [0.4, 0.5) is 0 Å². The van der Waals surface area contributed by atoms with Crippen LogP contribution in [0, 0.1) is 0 Å². The molecule has 0 unspecified atom stereocenters. The normalized spacial score (nSPS) is 12.1. The van der Waals surface area contributed by atoms with Crippen molar-refractivity contribution in [3.05, 3.63) is 52.5 Å². The van der Waals surface area contributed by atoms with Gasteiger partial charge in [0.15, 0.2) is 0 Å². The molecule has 0 aliphatic carbocycles. The van der Waals surface area contributed by atoms with Crippen molar-refractivity contribution in [2.24, 2.45) is 0 Å². The van der Waals surface area contributed by atoms with E-state index in [0.29, 0.717) is 0 Å². The Morgan fingerprint density at radius 3 is 2.88 bits per heavy atom. The quantitative estimate of drug-likeness (QED) is 0.884. The van der Waals surface area contributed by atoms with Crippen molar-refractivity contribution in [1.29, 1.82) is 0 Å². The lowest BCUT2D eigenvalue weighted by molar-refractivity contribution is 0.0943. The van der Waals surface area contributed by atoms with Crippen LogP contribution in [0.5, 0.6) is 0 Å². The van der Waals surface area contributed by atoms with Crippen molar-refractivity contribution in [3.63, 3.8) is 0 Å². The molecular weight excluding hydrogens is 220 g/mol. The van der Waals surface area contributed by atoms with Crippen LogP contribution in [0.2, 0.25) is 0 Å². The van der Waals surface area contributed by atoms with Crippen LogP contribution in [-0.4, -0.2) is 10.9 Å². The van der Waals surface area contributed by atoms with Crippen molar-refractivity contribution in [1.82, 2.24) is 10.3 Å². The molecule has 0 fully saturated rings. The minimum atomic E-state index is -0.0733. The van der Waals surface area contributed by atoms with E-state index in [4.69, 9.17) is 0 Å². The predicted octanol–water partition coefficient (Wildman–Crippen LogP) is 2.63. The summed E-state index contributed by atoms with van der Waals surface area (Å²) in [5, 5.41) is 4.80. The lowest BCUT2D eigenvalue weighted by Gasteiger charge is -2.12. The van der Waals surface area contributed by atoms with Crippen LogP contribution < -0.4 is 5.32 Å². The topological polar surface area (TPSA) is 42.0 Å². The van der Waals surface area contributed by atoms with Gasteiger partial charge in [-0.3, -0.25) is 9.78 Å². The highest BCUT2D eigenvalue weighted by Crippen LogP contribution is 2.12. The summed E-state index contributed by atoms with van der Waals surface area (Å²) in [5.74, 6) is -0.0480. The molecule has 82 valence electrons. The number of hydrogen-bond acceptors (Lipinski definition) is 3. The molecule has 16 heavy (non-hydrogen) atoms. The summed E-state index contributed by atoms with van der Waals surface area (Å²) in [6, 6.07) is 9.28. The number of pyridine rings is 1. The third-order valence-electron chi connectivity index (χ3n) is 2.22. The van der Waals surface area contributed by atoms with E-state index in [0.717, 1.165) is 10.6 Å². The lowest BCUT2D eigenvalue weighted by atomic mass is 10.2. The number of carbonyl (C=O) groups is 1. The monoisotopic (exact) mass is 232 g/mol. The highest BCUT2D eigenvalue weighted by atomic mass is 32.1. The number of rotatable bonds is 3. The fourth-order valence-electron chi connectivity index (χ4n) is 1.38. The van der Waals surface area contributed by atoms with Crippen LogP contribution in [0.15, 0.2) is 41.9 Å². The van der Waals surface area contributed by atoms with E-state index in [1.54, 1.807) is 6.20 Å². The highest BCUT2D eigenvalue weighted by molar-refractivity contribution is 7.12. The number of carbonyl (C=O) groups excluding carboxylic acids is 1. The van der Waals surface area contributed by atoms with Gasteiger partial charge < -0.3 is 5.32 Å². The number of hydrogen-bond donors (Lipinski definition) is 1. The van der Waals surface area contributed by atoms with Crippen LogP contribution in [0.1, 0.15) is 28.3 Å². The molecule has 0 radical (unpaired) electrons. The van der Waals surface area contributed by atoms with Gasteiger partial charge in [-0.1, -0.05) is 12.1 Å². The molecule has 0 aromatic carbocycles. The molecule has 0 saturated carbocycles. The summed E-state index contributed by atoms with van der Waals surface area (Å²) in [7, 11) is 0. The summed E-state index contributed by atoms with van der Waals surface area (Å²) in [6.45, 7) is 1.92. The van der Waals surface area contributed by atoms with E-state index in [9.17, 15) is 4.79 Å². The number of thiophene rings is 1. The first-order chi connectivity index (χ1) is 7.77. The molecule has 3 nitrogen and oxygen atoms in total. The van der Waals surface area contributed by atoms with Crippen LogP contribution in [0.25, 0.3) is 0 Å². The Hall–Kier alpha value is -1.68. The molecule has 2 rings (SSSR count). The lowest BCUT2D eigenvalue weighted by Crippen LogP contribution is -2.26. The molecule has 1 atom stereocenters. The highest BCUT2D eigenvalue weighted by Gasteiger charge is 2.12. The number of aromatic nitrogens is 1. The summed E-state index contributed by atoms with van der Waals surface area (Å²) in [6.07, 6.45) is 1.73. The summed E-state index contributed by atoms with van der Waals surface area (Å²) >= 11 is 1.44. The maximum Gasteiger partial charge on any atom is 0.261 e. The van der Waals surface area contributed by atoms with Crippen molar-refractivity contribution in [2.45, 2.75) is 13.0 Å². The second-order valence-electron chi connectivity index (χ2n) is 3.43. The molecule has 0 bridgehead atoms. The van der Waals surface area contributed by atoms with Crippen LogP contribution in [-0.2, 0) is 0 Å². The van der Waals surface area contributed by atoms with E-state index < -0.39 is 0 Å². The smallest absolute Gasteiger partial charge is 0.261 e. The zero-order valence-electron chi connectivity index (χ0n) is 8.88. The van der Waals surface area contributed by atoms with Gasteiger partial charge in [0.2, 0.25) is 0 Å². The Morgan fingerprint density at radius 2 is 2.25 bits per heavy atom. The van der Waals surface area contributed by atoms with E-state index in [1.807, 2.05) is 42.6 Å². The third-order valence-corrected chi connectivity index (χ3v) is 3.09. The van der Waals surface area contributed by atoms with Gasteiger partial charge in [-0.2, -0.15) is 0 Å². The van der Waals surface area contributed by atoms with Gasteiger partial charge in [-0.05, 0) is 30.5 Å². The molecule has 0 saturated heterocycles. The first-order valence-electron chi connectivity index (χ1n) is 5.02. The zero-order valence-corrected chi connectivity index (χ0v) is 9.70. The number of nitrogens with zero attached hydrogens (tertiary/aromatic N) is 1. The molecule has 0 aliphatic rings. The molecule has 2 heterocycles. The summed E-state index contributed by atoms with van der Waals surface area (Å²) in [5.41, 5.74) is 0.868. The first kappa shape index (κ1) is 10.8. The Labute approximate surface area is 98.2 Å². The predicted molar refractivity (Wildman–Crippen MR) is 64.4 cm³/mol. The SMILES string of the molecule is C[C@H](NC(=O)c1cccs1)c1ccccn1. The number of amides is 1. The maximum atomic E-state index is 11.8.